The van der Waals surface area contributed by atoms with Gasteiger partial charge in [0, 0.05) is 19.6 Å². The van der Waals surface area contributed by atoms with Crippen molar-refractivity contribution in [2.75, 3.05) is 19.6 Å². The normalized spacial score (nSPS) is 24.4. The van der Waals surface area contributed by atoms with Gasteiger partial charge in [-0.2, -0.15) is 0 Å². The van der Waals surface area contributed by atoms with E-state index in [-0.39, 0.29) is 19.0 Å². The van der Waals surface area contributed by atoms with Crippen LogP contribution in [0.1, 0.15) is 33.1 Å². The number of aliphatic hydroxyl groups excluding tert-OH is 2. The van der Waals surface area contributed by atoms with Crippen molar-refractivity contribution >= 4 is 29.7 Å². The van der Waals surface area contributed by atoms with Crippen LogP contribution < -0.4 is 16.4 Å². The van der Waals surface area contributed by atoms with E-state index in [1.54, 1.807) is 0 Å². The predicted molar refractivity (Wildman–Crippen MR) is 109 cm³/mol. The summed E-state index contributed by atoms with van der Waals surface area (Å²) in [5.74, 6) is -3.00. The predicted octanol–water partition coefficient (Wildman–Crippen LogP) is -2.81. The van der Waals surface area contributed by atoms with Gasteiger partial charge in [-0.3, -0.25) is 19.2 Å². The van der Waals surface area contributed by atoms with Crippen LogP contribution >= 0.6 is 0 Å². The molecule has 0 aromatic carbocycles. The van der Waals surface area contributed by atoms with Crippen LogP contribution in [0.5, 0.6) is 0 Å². The first kappa shape index (κ1) is 25.3. The number of nitrogens with zero attached hydrogens (tertiary/aromatic N) is 2. The minimum atomic E-state index is -1.58. The van der Waals surface area contributed by atoms with Gasteiger partial charge < -0.3 is 41.5 Å². The summed E-state index contributed by atoms with van der Waals surface area (Å²) in [5.41, 5.74) is 5.04. The number of primary amides is 1. The third-order valence-electron chi connectivity index (χ3n) is 5.90. The van der Waals surface area contributed by atoms with Crippen molar-refractivity contribution < 1.29 is 39.3 Å². The number of carbonyl (C=O) groups is 5. The molecule has 6 atom stereocenters. The number of carbonyl (C=O) groups excluding carboxylic acids is 4. The maximum absolute atomic E-state index is 13.0. The maximum atomic E-state index is 13.0. The first-order valence-electron chi connectivity index (χ1n) is 10.5. The lowest BCUT2D eigenvalue weighted by Crippen LogP contribution is -2.54. The summed E-state index contributed by atoms with van der Waals surface area (Å²) >= 11 is 0. The van der Waals surface area contributed by atoms with Crippen molar-refractivity contribution in [3.8, 4) is 0 Å². The second kappa shape index (κ2) is 10.6. The van der Waals surface area contributed by atoms with E-state index in [1.165, 1.54) is 23.6 Å². The van der Waals surface area contributed by atoms with E-state index in [2.05, 4.69) is 5.32 Å². The Morgan fingerprint density at radius 1 is 0.969 bits per heavy atom. The summed E-state index contributed by atoms with van der Waals surface area (Å²) in [4.78, 5) is 62.7. The highest BCUT2D eigenvalue weighted by Crippen LogP contribution is 2.25. The topological polar surface area (TPSA) is 203 Å². The Balaban J connectivity index is 1.96. The van der Waals surface area contributed by atoms with Crippen molar-refractivity contribution in [1.29, 1.82) is 0 Å². The van der Waals surface area contributed by atoms with Crippen LogP contribution in [0, 0.1) is 5.92 Å². The molecule has 0 aromatic heterocycles. The fourth-order valence-electron chi connectivity index (χ4n) is 4.02. The van der Waals surface area contributed by atoms with Gasteiger partial charge in [0.2, 0.25) is 17.7 Å². The molecule has 7 N–H and O–H groups in total. The number of nitrogens with two attached hydrogens (primary N) is 1. The third kappa shape index (κ3) is 5.85. The molecule has 2 rings (SSSR count). The minimum absolute atomic E-state index is 0.0517. The van der Waals surface area contributed by atoms with Gasteiger partial charge in [-0.25, -0.2) is 4.79 Å². The lowest BCUT2D eigenvalue weighted by molar-refractivity contribution is -0.143. The van der Waals surface area contributed by atoms with Crippen LogP contribution in [0.2, 0.25) is 0 Å². The Morgan fingerprint density at radius 3 is 2.19 bits per heavy atom. The van der Waals surface area contributed by atoms with Gasteiger partial charge in [0.25, 0.3) is 5.91 Å². The average Bonchev–Trinajstić information content (AvgIpc) is 3.40. The van der Waals surface area contributed by atoms with Gasteiger partial charge in [-0.1, -0.05) is 0 Å². The number of nitrogens with one attached hydrogen (secondary N) is 2. The number of likely N-dealkylation sites (tertiary alicyclic amines) is 2. The molecule has 2 aliphatic rings. The fourth-order valence-corrected chi connectivity index (χ4v) is 4.02. The molecule has 13 nitrogen and oxygen atoms in total. The Morgan fingerprint density at radius 2 is 1.59 bits per heavy atom. The molecule has 2 heterocycles. The van der Waals surface area contributed by atoms with Crippen molar-refractivity contribution in [3.05, 3.63) is 0 Å². The van der Waals surface area contributed by atoms with E-state index in [1.807, 2.05) is 5.32 Å². The zero-order valence-electron chi connectivity index (χ0n) is 18.1. The molecule has 5 amide bonds. The van der Waals surface area contributed by atoms with Crippen LogP contribution in [0.4, 0.5) is 4.79 Å². The van der Waals surface area contributed by atoms with Crippen molar-refractivity contribution in [2.45, 2.75) is 63.4 Å². The van der Waals surface area contributed by atoms with Crippen molar-refractivity contribution in [2.24, 2.45) is 11.7 Å². The van der Waals surface area contributed by atoms with E-state index in [9.17, 15) is 34.2 Å². The molecule has 2 saturated heterocycles. The standard InChI is InChI=1S/C19H31N5O8/c1-9(13(25)15(20)27)21-16(28)12-4-3-6-24(12)17(29)11-5-7-23(8-11)18(30)14(26)10(2)22-19(31)32/h9-14,22,25-26H,3-8H2,1-2H3,(H2,20,27)(H,21,28)(H,31,32)/t9-,10-,11-,12-,13+,14+/m0/s1. The van der Waals surface area contributed by atoms with Crippen molar-refractivity contribution in [3.63, 3.8) is 0 Å². The molecule has 0 spiro atoms. The van der Waals surface area contributed by atoms with Crippen LogP contribution in [0.25, 0.3) is 0 Å². The number of aliphatic hydroxyl groups is 2. The van der Waals surface area contributed by atoms with E-state index >= 15 is 0 Å². The SMILES string of the molecule is C[C@H](NC(=O)[C@@H]1CCCN1C(=O)[C@H]1CCN(C(=O)[C@H](O)[C@H](C)NC(=O)O)C1)[C@@H](O)C(N)=O. The summed E-state index contributed by atoms with van der Waals surface area (Å²) < 4.78 is 0. The van der Waals surface area contributed by atoms with E-state index in [0.29, 0.717) is 25.8 Å². The fraction of sp³-hybridized carbons (Fsp3) is 0.737. The van der Waals surface area contributed by atoms with E-state index in [0.717, 1.165) is 0 Å². The van der Waals surface area contributed by atoms with Gasteiger partial charge >= 0.3 is 6.09 Å². The molecule has 0 bridgehead atoms. The third-order valence-corrected chi connectivity index (χ3v) is 5.90. The zero-order chi connectivity index (χ0) is 24.2. The van der Waals surface area contributed by atoms with Gasteiger partial charge in [0.1, 0.15) is 6.04 Å². The molecule has 0 saturated carbocycles. The number of amides is 5. The van der Waals surface area contributed by atoms with Crippen LogP contribution in [0.15, 0.2) is 0 Å². The van der Waals surface area contributed by atoms with Crippen LogP contribution in [-0.4, -0.2) is 105 Å². The molecule has 2 fully saturated rings. The number of rotatable bonds is 8. The molecule has 32 heavy (non-hydrogen) atoms. The second-order valence-corrected chi connectivity index (χ2v) is 8.29. The highest BCUT2D eigenvalue weighted by Gasteiger charge is 2.42. The second-order valence-electron chi connectivity index (χ2n) is 8.29. The first-order valence-corrected chi connectivity index (χ1v) is 10.5. The molecule has 0 radical (unpaired) electrons. The summed E-state index contributed by atoms with van der Waals surface area (Å²) in [6, 6.07) is -2.70. The highest BCUT2D eigenvalue weighted by molar-refractivity contribution is 5.91. The monoisotopic (exact) mass is 457 g/mol. The molecular formula is C19H31N5O8. The molecule has 0 unspecified atom stereocenters. The number of carboxylic acid groups (broad SMARTS) is 1. The van der Waals surface area contributed by atoms with Crippen LogP contribution in [0.3, 0.4) is 0 Å². The summed E-state index contributed by atoms with van der Waals surface area (Å²) in [7, 11) is 0. The minimum Gasteiger partial charge on any atom is -0.465 e. The largest absolute Gasteiger partial charge is 0.465 e. The lowest BCUT2D eigenvalue weighted by atomic mass is 10.1. The Labute approximate surface area is 184 Å². The molecule has 0 aromatic rings. The molecule has 180 valence electrons. The summed E-state index contributed by atoms with van der Waals surface area (Å²) in [5, 5.41) is 33.0. The van der Waals surface area contributed by atoms with E-state index in [4.69, 9.17) is 10.8 Å². The Hall–Kier alpha value is -2.93. The van der Waals surface area contributed by atoms with Gasteiger partial charge in [0.05, 0.1) is 18.0 Å². The van der Waals surface area contributed by atoms with E-state index < -0.39 is 60.1 Å². The van der Waals surface area contributed by atoms with Gasteiger partial charge in [-0.15, -0.1) is 0 Å². The first-order chi connectivity index (χ1) is 14.9. The molecule has 2 aliphatic heterocycles. The maximum Gasteiger partial charge on any atom is 0.404 e. The molecular weight excluding hydrogens is 426 g/mol. The zero-order valence-corrected chi connectivity index (χ0v) is 18.1. The number of hydrogen-bond donors (Lipinski definition) is 6. The average molecular weight is 457 g/mol. The Bertz CT molecular complexity index is 762. The highest BCUT2D eigenvalue weighted by atomic mass is 16.4. The molecule has 13 heteroatoms. The lowest BCUT2D eigenvalue weighted by Gasteiger charge is -2.28. The molecule has 0 aliphatic carbocycles. The van der Waals surface area contributed by atoms with Crippen LogP contribution in [-0.2, 0) is 19.2 Å². The van der Waals surface area contributed by atoms with Gasteiger partial charge in [-0.05, 0) is 33.1 Å². The van der Waals surface area contributed by atoms with Crippen molar-refractivity contribution in [1.82, 2.24) is 20.4 Å². The quantitative estimate of drug-likeness (QED) is 0.224. The summed E-state index contributed by atoms with van der Waals surface area (Å²) in [6.45, 7) is 3.42. The van der Waals surface area contributed by atoms with Gasteiger partial charge in [0.15, 0.2) is 12.2 Å². The number of hydrogen-bond acceptors (Lipinski definition) is 7. The Kier molecular flexibility index (Phi) is 8.38. The smallest absolute Gasteiger partial charge is 0.404 e. The summed E-state index contributed by atoms with van der Waals surface area (Å²) in [6.07, 6.45) is -3.13.